The number of carbonyl (C=O) groups is 2. The van der Waals surface area contributed by atoms with Crippen LogP contribution in [-0.4, -0.2) is 40.3 Å². The number of hydrogen-bond donors (Lipinski definition) is 2. The molecule has 0 aliphatic rings. The number of ether oxygens (including phenoxy) is 2. The number of rotatable bonds is 7. The molecule has 1 rings (SSSR count). The summed E-state index contributed by atoms with van der Waals surface area (Å²) in [5.74, 6) is -2.78. The molecule has 0 aliphatic heterocycles. The average Bonchev–Trinajstić information content (AvgIpc) is 2.33. The van der Waals surface area contributed by atoms with Crippen molar-refractivity contribution in [1.82, 2.24) is 0 Å². The molecule has 0 saturated carbocycles. The minimum atomic E-state index is -1.28. The van der Waals surface area contributed by atoms with Crippen molar-refractivity contribution in [2.24, 2.45) is 0 Å². The molecule has 0 aromatic heterocycles. The molecule has 0 amide bonds. The van der Waals surface area contributed by atoms with Gasteiger partial charge in [0.15, 0.2) is 19.0 Å². The minimum absolute atomic E-state index is 0.0308. The Balaban J connectivity index is 2.91. The van der Waals surface area contributed by atoms with E-state index in [2.05, 4.69) is 0 Å². The van der Waals surface area contributed by atoms with Crippen molar-refractivity contribution in [2.45, 2.75) is 0 Å². The summed E-state index contributed by atoms with van der Waals surface area (Å²) in [5.41, 5.74) is -0.510. The Bertz CT molecular complexity index is 512. The molecule has 0 atom stereocenters. The molecular formula is C10H9NO8. The number of nitrogens with zero attached hydrogens (tertiary/aromatic N) is 1. The van der Waals surface area contributed by atoms with Gasteiger partial charge in [-0.05, 0) is 12.1 Å². The third kappa shape index (κ3) is 4.50. The highest BCUT2D eigenvalue weighted by molar-refractivity contribution is 5.69. The molecule has 9 nitrogen and oxygen atoms in total. The molecule has 102 valence electrons. The van der Waals surface area contributed by atoms with Crippen LogP contribution in [-0.2, 0) is 9.59 Å². The van der Waals surface area contributed by atoms with Crippen LogP contribution in [0.2, 0.25) is 0 Å². The zero-order valence-corrected chi connectivity index (χ0v) is 9.44. The average molecular weight is 271 g/mol. The van der Waals surface area contributed by atoms with Crippen molar-refractivity contribution < 1.29 is 34.2 Å². The molecule has 2 N–H and O–H groups in total. The van der Waals surface area contributed by atoms with Crippen molar-refractivity contribution >= 4 is 17.6 Å². The molecule has 0 radical (unpaired) electrons. The fourth-order valence-corrected chi connectivity index (χ4v) is 1.14. The molecule has 0 unspecified atom stereocenters. The van der Waals surface area contributed by atoms with E-state index in [-0.39, 0.29) is 11.5 Å². The Labute approximate surface area is 106 Å². The normalized spacial score (nSPS) is 9.68. The lowest BCUT2D eigenvalue weighted by Crippen LogP contribution is -2.11. The van der Waals surface area contributed by atoms with Gasteiger partial charge < -0.3 is 19.7 Å². The summed E-state index contributed by atoms with van der Waals surface area (Å²) < 4.78 is 9.49. The largest absolute Gasteiger partial charge is 0.482 e. The molecule has 0 saturated heterocycles. The van der Waals surface area contributed by atoms with Crippen molar-refractivity contribution in [3.63, 3.8) is 0 Å². The van der Waals surface area contributed by atoms with Gasteiger partial charge in [0.25, 0.3) is 0 Å². The summed E-state index contributed by atoms with van der Waals surface area (Å²) in [7, 11) is 0. The van der Waals surface area contributed by atoms with E-state index in [4.69, 9.17) is 19.7 Å². The van der Waals surface area contributed by atoms with E-state index >= 15 is 0 Å². The number of carboxylic acid groups (broad SMARTS) is 2. The van der Waals surface area contributed by atoms with Crippen LogP contribution in [0.4, 0.5) is 5.69 Å². The zero-order valence-electron chi connectivity index (χ0n) is 9.44. The van der Waals surface area contributed by atoms with E-state index < -0.39 is 35.8 Å². The van der Waals surface area contributed by atoms with E-state index in [1.54, 1.807) is 0 Å². The van der Waals surface area contributed by atoms with Crippen LogP contribution in [0.15, 0.2) is 18.2 Å². The first-order valence-corrected chi connectivity index (χ1v) is 4.87. The Morgan fingerprint density at radius 1 is 1.16 bits per heavy atom. The van der Waals surface area contributed by atoms with Gasteiger partial charge >= 0.3 is 17.6 Å². The predicted molar refractivity (Wildman–Crippen MR) is 59.4 cm³/mol. The van der Waals surface area contributed by atoms with Gasteiger partial charge in [0.1, 0.15) is 5.75 Å². The fourth-order valence-electron chi connectivity index (χ4n) is 1.14. The lowest BCUT2D eigenvalue weighted by Gasteiger charge is -2.07. The first kappa shape index (κ1) is 14.2. The third-order valence-electron chi connectivity index (χ3n) is 1.84. The SMILES string of the molecule is O=C(O)COc1ccc(OCC(=O)O)c([N+](=O)[O-])c1. The van der Waals surface area contributed by atoms with E-state index in [0.29, 0.717) is 0 Å². The van der Waals surface area contributed by atoms with Crippen LogP contribution in [0.25, 0.3) is 0 Å². The second kappa shape index (κ2) is 6.19. The number of nitro benzene ring substituents is 1. The van der Waals surface area contributed by atoms with E-state index in [1.807, 2.05) is 0 Å². The number of hydrogen-bond acceptors (Lipinski definition) is 6. The molecular weight excluding hydrogens is 262 g/mol. The number of aliphatic carboxylic acids is 2. The molecule has 0 aliphatic carbocycles. The Morgan fingerprint density at radius 3 is 2.26 bits per heavy atom. The van der Waals surface area contributed by atoms with E-state index in [1.165, 1.54) is 6.07 Å². The molecule has 1 aromatic rings. The number of nitro groups is 1. The van der Waals surface area contributed by atoms with Gasteiger partial charge in [0, 0.05) is 0 Å². The molecule has 1 aromatic carbocycles. The van der Waals surface area contributed by atoms with Gasteiger partial charge in [-0.1, -0.05) is 0 Å². The summed E-state index contributed by atoms with van der Waals surface area (Å²) in [5, 5.41) is 27.6. The van der Waals surface area contributed by atoms with Gasteiger partial charge in [-0.25, -0.2) is 9.59 Å². The van der Waals surface area contributed by atoms with Gasteiger partial charge in [0.2, 0.25) is 0 Å². The highest BCUT2D eigenvalue weighted by Gasteiger charge is 2.18. The maximum Gasteiger partial charge on any atom is 0.341 e. The van der Waals surface area contributed by atoms with Crippen molar-refractivity contribution in [1.29, 1.82) is 0 Å². The van der Waals surface area contributed by atoms with Crippen LogP contribution in [0.5, 0.6) is 11.5 Å². The second-order valence-electron chi connectivity index (χ2n) is 3.25. The topological polar surface area (TPSA) is 136 Å². The number of carboxylic acids is 2. The summed E-state index contributed by atoms with van der Waals surface area (Å²) in [4.78, 5) is 30.6. The predicted octanol–water partition coefficient (Wildman–Crippen LogP) is 0.522. The fraction of sp³-hybridized carbons (Fsp3) is 0.200. The molecule has 0 bridgehead atoms. The van der Waals surface area contributed by atoms with Crippen LogP contribution < -0.4 is 9.47 Å². The highest BCUT2D eigenvalue weighted by atomic mass is 16.6. The Kier molecular flexibility index (Phi) is 4.63. The molecule has 0 spiro atoms. The van der Waals surface area contributed by atoms with Crippen LogP contribution in [0, 0.1) is 10.1 Å². The van der Waals surface area contributed by atoms with Crippen molar-refractivity contribution in [2.75, 3.05) is 13.2 Å². The summed E-state index contributed by atoms with van der Waals surface area (Å²) >= 11 is 0. The first-order chi connectivity index (χ1) is 8.90. The molecule has 9 heteroatoms. The summed E-state index contributed by atoms with van der Waals surface area (Å²) in [6.07, 6.45) is 0. The van der Waals surface area contributed by atoms with Crippen molar-refractivity contribution in [3.8, 4) is 11.5 Å². The van der Waals surface area contributed by atoms with Gasteiger partial charge in [-0.3, -0.25) is 10.1 Å². The Hall–Kier alpha value is -2.84. The zero-order chi connectivity index (χ0) is 14.4. The monoisotopic (exact) mass is 271 g/mol. The quantitative estimate of drug-likeness (QED) is 0.541. The van der Waals surface area contributed by atoms with Gasteiger partial charge in [0.05, 0.1) is 11.0 Å². The van der Waals surface area contributed by atoms with Gasteiger partial charge in [-0.15, -0.1) is 0 Å². The lowest BCUT2D eigenvalue weighted by atomic mass is 10.3. The van der Waals surface area contributed by atoms with Crippen LogP contribution in [0.1, 0.15) is 0 Å². The Morgan fingerprint density at radius 2 is 1.74 bits per heavy atom. The van der Waals surface area contributed by atoms with Crippen molar-refractivity contribution in [3.05, 3.63) is 28.3 Å². The smallest absolute Gasteiger partial charge is 0.341 e. The van der Waals surface area contributed by atoms with E-state index in [0.717, 1.165) is 12.1 Å². The van der Waals surface area contributed by atoms with E-state index in [9.17, 15) is 19.7 Å². The van der Waals surface area contributed by atoms with Crippen LogP contribution in [0.3, 0.4) is 0 Å². The third-order valence-corrected chi connectivity index (χ3v) is 1.84. The maximum atomic E-state index is 10.8. The minimum Gasteiger partial charge on any atom is -0.482 e. The lowest BCUT2D eigenvalue weighted by molar-refractivity contribution is -0.385. The second-order valence-corrected chi connectivity index (χ2v) is 3.25. The number of benzene rings is 1. The van der Waals surface area contributed by atoms with Crippen LogP contribution >= 0.6 is 0 Å². The highest BCUT2D eigenvalue weighted by Crippen LogP contribution is 2.31. The standard InChI is InChI=1S/C10H9NO8/c12-9(13)4-18-6-1-2-8(19-5-10(14)15)7(3-6)11(16)17/h1-3H,4-5H2,(H,12,13)(H,14,15). The van der Waals surface area contributed by atoms with Gasteiger partial charge in [-0.2, -0.15) is 0 Å². The summed E-state index contributed by atoms with van der Waals surface area (Å²) in [6.45, 7) is -1.37. The molecule has 0 fully saturated rings. The molecule has 0 heterocycles. The first-order valence-electron chi connectivity index (χ1n) is 4.87. The molecule has 19 heavy (non-hydrogen) atoms. The summed E-state index contributed by atoms with van der Waals surface area (Å²) in [6, 6.07) is 3.34. The maximum absolute atomic E-state index is 10.8.